The van der Waals surface area contributed by atoms with E-state index in [2.05, 4.69) is 37.3 Å². The highest BCUT2D eigenvalue weighted by atomic mass is 16.5. The maximum Gasteiger partial charge on any atom is 0.126 e. The second-order valence-electron chi connectivity index (χ2n) is 6.40. The summed E-state index contributed by atoms with van der Waals surface area (Å²) in [5, 5.41) is 10.3. The Balaban J connectivity index is 1.86. The van der Waals surface area contributed by atoms with Gasteiger partial charge in [-0.25, -0.2) is 0 Å². The summed E-state index contributed by atoms with van der Waals surface area (Å²) < 4.78 is 6.60. The van der Waals surface area contributed by atoms with E-state index in [-0.39, 0.29) is 6.10 Å². The quantitative estimate of drug-likeness (QED) is 0.560. The van der Waals surface area contributed by atoms with E-state index >= 15 is 0 Å². The highest BCUT2D eigenvalue weighted by Crippen LogP contribution is 2.24. The van der Waals surface area contributed by atoms with E-state index in [1.165, 1.54) is 31.5 Å². The van der Waals surface area contributed by atoms with Crippen LogP contribution >= 0.6 is 0 Å². The van der Waals surface area contributed by atoms with Gasteiger partial charge in [0, 0.05) is 25.0 Å². The summed E-state index contributed by atoms with van der Waals surface area (Å²) in [5.74, 6) is 0. The van der Waals surface area contributed by atoms with Crippen molar-refractivity contribution in [1.82, 2.24) is 0 Å². The van der Waals surface area contributed by atoms with Gasteiger partial charge in [-0.15, -0.1) is 0 Å². The molecule has 0 radical (unpaired) electrons. The van der Waals surface area contributed by atoms with E-state index in [4.69, 9.17) is 4.74 Å². The highest BCUT2D eigenvalue weighted by molar-refractivity contribution is 5.13. The number of quaternary nitrogens is 1. The normalized spacial score (nSPS) is 18.8. The molecule has 0 aliphatic carbocycles. The van der Waals surface area contributed by atoms with Crippen LogP contribution in [-0.2, 0) is 11.3 Å². The van der Waals surface area contributed by atoms with Gasteiger partial charge in [-0.3, -0.25) is 0 Å². The molecule has 1 atom stereocenters. The van der Waals surface area contributed by atoms with Gasteiger partial charge in [0.15, 0.2) is 0 Å². The Morgan fingerprint density at radius 3 is 2.57 bits per heavy atom. The predicted molar refractivity (Wildman–Crippen MR) is 86.0 cm³/mol. The zero-order valence-electron chi connectivity index (χ0n) is 13.3. The fourth-order valence-corrected chi connectivity index (χ4v) is 3.35. The van der Waals surface area contributed by atoms with Crippen LogP contribution in [0.3, 0.4) is 0 Å². The van der Waals surface area contributed by atoms with Crippen molar-refractivity contribution in [2.75, 3.05) is 32.8 Å². The first-order valence-electron chi connectivity index (χ1n) is 8.39. The molecule has 0 spiro atoms. The number of rotatable bonds is 9. The van der Waals surface area contributed by atoms with Crippen molar-refractivity contribution in [2.24, 2.45) is 0 Å². The molecular weight excluding hydrogens is 262 g/mol. The van der Waals surface area contributed by atoms with Crippen molar-refractivity contribution < 1.29 is 14.3 Å². The summed E-state index contributed by atoms with van der Waals surface area (Å²) >= 11 is 0. The van der Waals surface area contributed by atoms with Crippen LogP contribution in [0.4, 0.5) is 0 Å². The lowest BCUT2D eigenvalue weighted by molar-refractivity contribution is -0.932. The van der Waals surface area contributed by atoms with E-state index in [0.717, 1.165) is 37.0 Å². The average Bonchev–Trinajstić information content (AvgIpc) is 2.93. The average molecular weight is 292 g/mol. The first kappa shape index (κ1) is 16.5. The number of aliphatic hydroxyl groups excluding tert-OH is 1. The maximum atomic E-state index is 10.3. The largest absolute Gasteiger partial charge is 0.385 e. The molecule has 1 aromatic carbocycles. The Bertz CT molecular complexity index is 387. The minimum atomic E-state index is -0.344. The summed E-state index contributed by atoms with van der Waals surface area (Å²) in [6, 6.07) is 10.7. The highest BCUT2D eigenvalue weighted by Gasteiger charge is 2.34. The molecule has 1 unspecified atom stereocenters. The van der Waals surface area contributed by atoms with Crippen LogP contribution in [0.15, 0.2) is 30.3 Å². The Morgan fingerprint density at radius 1 is 1.19 bits per heavy atom. The molecule has 1 aliphatic rings. The van der Waals surface area contributed by atoms with Gasteiger partial charge in [0.1, 0.15) is 19.2 Å². The topological polar surface area (TPSA) is 29.5 Å². The molecule has 0 aromatic heterocycles. The molecular formula is C18H30NO2+. The Kier molecular flexibility index (Phi) is 6.68. The lowest BCUT2D eigenvalue weighted by atomic mass is 10.1. The lowest BCUT2D eigenvalue weighted by Gasteiger charge is -2.36. The third-order valence-corrected chi connectivity index (χ3v) is 4.43. The fraction of sp³-hybridized carbons (Fsp3) is 0.667. The van der Waals surface area contributed by atoms with Crippen molar-refractivity contribution in [3.05, 3.63) is 35.9 Å². The minimum absolute atomic E-state index is 0.344. The second kappa shape index (κ2) is 8.52. The summed E-state index contributed by atoms with van der Waals surface area (Å²) in [7, 11) is 0. The Hall–Kier alpha value is -0.900. The minimum Gasteiger partial charge on any atom is -0.385 e. The van der Waals surface area contributed by atoms with Crippen LogP contribution in [-0.4, -0.2) is 48.5 Å². The number of unbranched alkanes of at least 4 members (excludes halogenated alkanes) is 1. The summed E-state index contributed by atoms with van der Waals surface area (Å²) in [6.45, 7) is 7.63. The molecule has 1 heterocycles. The predicted octanol–water partition coefficient (Wildman–Crippen LogP) is 2.97. The van der Waals surface area contributed by atoms with Gasteiger partial charge in [0.2, 0.25) is 0 Å². The molecule has 21 heavy (non-hydrogen) atoms. The van der Waals surface area contributed by atoms with Crippen LogP contribution < -0.4 is 0 Å². The van der Waals surface area contributed by atoms with Crippen LogP contribution in [0.1, 0.15) is 38.2 Å². The molecule has 1 saturated heterocycles. The Labute approximate surface area is 129 Å². The fourth-order valence-electron chi connectivity index (χ4n) is 3.35. The van der Waals surface area contributed by atoms with Crippen LogP contribution in [0.25, 0.3) is 0 Å². The van der Waals surface area contributed by atoms with Gasteiger partial charge in [0.25, 0.3) is 0 Å². The maximum absolute atomic E-state index is 10.3. The molecule has 0 saturated carbocycles. The monoisotopic (exact) mass is 292 g/mol. The van der Waals surface area contributed by atoms with E-state index in [9.17, 15) is 5.11 Å². The van der Waals surface area contributed by atoms with Crippen molar-refractivity contribution in [3.63, 3.8) is 0 Å². The van der Waals surface area contributed by atoms with E-state index < -0.39 is 0 Å². The van der Waals surface area contributed by atoms with Crippen LogP contribution in [0.5, 0.6) is 0 Å². The number of aliphatic hydroxyl groups is 1. The molecule has 1 fully saturated rings. The van der Waals surface area contributed by atoms with E-state index in [1.54, 1.807) is 0 Å². The van der Waals surface area contributed by atoms with Gasteiger partial charge in [-0.2, -0.15) is 0 Å². The zero-order chi connectivity index (χ0) is 15.0. The molecule has 118 valence electrons. The number of benzene rings is 1. The third-order valence-electron chi connectivity index (χ3n) is 4.43. The Morgan fingerprint density at radius 2 is 1.90 bits per heavy atom. The molecule has 1 aliphatic heterocycles. The molecule has 1 N–H and O–H groups in total. The standard InChI is InChI=1S/C18H30NO2/c1-2-3-13-21-16-18(20)15-19(11-7-8-12-19)14-17-9-5-4-6-10-17/h4-6,9-10,18,20H,2-3,7-8,11-16H2,1H3/q+1. The molecule has 3 heteroatoms. The molecule has 0 amide bonds. The molecule has 1 aromatic rings. The van der Waals surface area contributed by atoms with Crippen molar-refractivity contribution in [2.45, 2.75) is 45.3 Å². The first-order valence-corrected chi connectivity index (χ1v) is 8.39. The number of hydrogen-bond donors (Lipinski definition) is 1. The van der Waals surface area contributed by atoms with Crippen LogP contribution in [0, 0.1) is 0 Å². The van der Waals surface area contributed by atoms with Gasteiger partial charge >= 0.3 is 0 Å². The van der Waals surface area contributed by atoms with Crippen molar-refractivity contribution in [3.8, 4) is 0 Å². The summed E-state index contributed by atoms with van der Waals surface area (Å²) in [6.07, 6.45) is 4.43. The number of ether oxygens (including phenoxy) is 1. The third kappa shape index (κ3) is 5.42. The van der Waals surface area contributed by atoms with Gasteiger partial charge in [0.05, 0.1) is 19.7 Å². The number of likely N-dealkylation sites (tertiary alicyclic amines) is 1. The zero-order valence-corrected chi connectivity index (χ0v) is 13.3. The van der Waals surface area contributed by atoms with E-state index in [0.29, 0.717) is 6.61 Å². The lowest BCUT2D eigenvalue weighted by Crippen LogP contribution is -2.50. The molecule has 3 nitrogen and oxygen atoms in total. The van der Waals surface area contributed by atoms with Crippen molar-refractivity contribution in [1.29, 1.82) is 0 Å². The molecule has 0 bridgehead atoms. The number of nitrogens with zero attached hydrogens (tertiary/aromatic N) is 1. The van der Waals surface area contributed by atoms with Gasteiger partial charge in [-0.05, 0) is 6.42 Å². The second-order valence-corrected chi connectivity index (χ2v) is 6.40. The van der Waals surface area contributed by atoms with Crippen molar-refractivity contribution >= 4 is 0 Å². The molecule has 2 rings (SSSR count). The smallest absolute Gasteiger partial charge is 0.126 e. The first-order chi connectivity index (χ1) is 10.2. The number of hydrogen-bond acceptors (Lipinski definition) is 2. The van der Waals surface area contributed by atoms with E-state index in [1.807, 2.05) is 0 Å². The summed E-state index contributed by atoms with van der Waals surface area (Å²) in [5.41, 5.74) is 1.37. The van der Waals surface area contributed by atoms with Gasteiger partial charge in [-0.1, -0.05) is 43.7 Å². The SMILES string of the molecule is CCCCOCC(O)C[N+]1(Cc2ccccc2)CCCC1. The summed E-state index contributed by atoms with van der Waals surface area (Å²) in [4.78, 5) is 0. The van der Waals surface area contributed by atoms with Gasteiger partial charge < -0.3 is 14.3 Å². The van der Waals surface area contributed by atoms with Crippen LogP contribution in [0.2, 0.25) is 0 Å².